The molecule has 17 heavy (non-hydrogen) atoms. The number of halogens is 2. The van der Waals surface area contributed by atoms with Gasteiger partial charge in [-0.1, -0.05) is 22.9 Å². The van der Waals surface area contributed by atoms with Crippen molar-refractivity contribution in [1.82, 2.24) is 4.72 Å². The van der Waals surface area contributed by atoms with Crippen LogP contribution in [0.1, 0.15) is 13.3 Å². The van der Waals surface area contributed by atoms with Crippen LogP contribution in [0.4, 0.5) is 0 Å². The van der Waals surface area contributed by atoms with Gasteiger partial charge in [-0.2, -0.15) is 0 Å². The fraction of sp³-hybridized carbons (Fsp3) is 0.400. The van der Waals surface area contributed by atoms with Crippen LogP contribution < -0.4 is 10.5 Å². The second-order valence-electron chi connectivity index (χ2n) is 3.59. The van der Waals surface area contributed by atoms with Gasteiger partial charge in [-0.3, -0.25) is 0 Å². The van der Waals surface area contributed by atoms with Crippen molar-refractivity contribution in [1.29, 1.82) is 0 Å². The van der Waals surface area contributed by atoms with Gasteiger partial charge < -0.3 is 5.73 Å². The van der Waals surface area contributed by atoms with Crippen LogP contribution in [0.3, 0.4) is 0 Å². The molecular formula is C10H14Br2N2O2S. The van der Waals surface area contributed by atoms with Crippen molar-refractivity contribution in [3.05, 3.63) is 27.1 Å². The Balaban J connectivity index is 2.90. The van der Waals surface area contributed by atoms with Crippen LogP contribution in [-0.4, -0.2) is 21.0 Å². The first kappa shape index (κ1) is 15.1. The van der Waals surface area contributed by atoms with E-state index < -0.39 is 10.0 Å². The molecule has 0 aromatic heterocycles. The van der Waals surface area contributed by atoms with E-state index in [2.05, 4.69) is 36.6 Å². The van der Waals surface area contributed by atoms with E-state index in [4.69, 9.17) is 5.73 Å². The predicted octanol–water partition coefficient (Wildman–Crippen LogP) is 2.23. The molecule has 1 unspecified atom stereocenters. The molecule has 7 heteroatoms. The number of nitrogens with one attached hydrogen (secondary N) is 1. The molecular weight excluding hydrogens is 372 g/mol. The van der Waals surface area contributed by atoms with E-state index in [0.29, 0.717) is 4.47 Å². The van der Waals surface area contributed by atoms with Gasteiger partial charge in [-0.25, -0.2) is 13.1 Å². The first-order chi connectivity index (χ1) is 7.86. The number of hydrogen-bond acceptors (Lipinski definition) is 3. The third-order valence-electron chi connectivity index (χ3n) is 2.24. The molecule has 0 bridgehead atoms. The number of hydrogen-bond donors (Lipinski definition) is 2. The standard InChI is InChI=1S/C10H14Br2N2O2S/c1-2-8(13)6-14-17(15,16)10-4-3-7(11)5-9(10)12/h3-5,8,14H,2,6,13H2,1H3. The maximum atomic E-state index is 12.0. The summed E-state index contributed by atoms with van der Waals surface area (Å²) in [5, 5.41) is 0. The minimum absolute atomic E-state index is 0.168. The monoisotopic (exact) mass is 384 g/mol. The van der Waals surface area contributed by atoms with Gasteiger partial charge in [0, 0.05) is 21.5 Å². The Morgan fingerprint density at radius 3 is 2.59 bits per heavy atom. The summed E-state index contributed by atoms with van der Waals surface area (Å²) in [5.41, 5.74) is 5.67. The summed E-state index contributed by atoms with van der Waals surface area (Å²) >= 11 is 6.50. The van der Waals surface area contributed by atoms with Crippen LogP contribution in [0.5, 0.6) is 0 Å². The average Bonchev–Trinajstić information content (AvgIpc) is 2.25. The lowest BCUT2D eigenvalue weighted by Crippen LogP contribution is -2.36. The maximum absolute atomic E-state index is 12.0. The second-order valence-corrected chi connectivity index (χ2v) is 7.10. The quantitative estimate of drug-likeness (QED) is 0.816. The van der Waals surface area contributed by atoms with E-state index in [1.54, 1.807) is 12.1 Å². The van der Waals surface area contributed by atoms with Crippen molar-refractivity contribution in [2.24, 2.45) is 5.73 Å². The van der Waals surface area contributed by atoms with Crippen molar-refractivity contribution in [2.75, 3.05) is 6.54 Å². The summed E-state index contributed by atoms with van der Waals surface area (Å²) in [4.78, 5) is 0.212. The van der Waals surface area contributed by atoms with Crippen molar-refractivity contribution >= 4 is 41.9 Å². The summed E-state index contributed by atoms with van der Waals surface area (Å²) in [5.74, 6) is 0. The molecule has 1 atom stereocenters. The Hall–Kier alpha value is 0.0500. The summed E-state index contributed by atoms with van der Waals surface area (Å²) in [6, 6.07) is 4.74. The molecule has 1 aromatic rings. The van der Waals surface area contributed by atoms with Crippen LogP contribution in [-0.2, 0) is 10.0 Å². The molecule has 96 valence electrons. The van der Waals surface area contributed by atoms with Crippen molar-refractivity contribution in [2.45, 2.75) is 24.3 Å². The number of rotatable bonds is 5. The van der Waals surface area contributed by atoms with Gasteiger partial charge in [-0.05, 0) is 40.5 Å². The summed E-state index contributed by atoms with van der Waals surface area (Å²) in [6.45, 7) is 2.15. The summed E-state index contributed by atoms with van der Waals surface area (Å²) < 4.78 is 27.8. The van der Waals surface area contributed by atoms with Crippen LogP contribution >= 0.6 is 31.9 Å². The van der Waals surface area contributed by atoms with E-state index >= 15 is 0 Å². The van der Waals surface area contributed by atoms with Crippen LogP contribution in [0.15, 0.2) is 32.0 Å². The lowest BCUT2D eigenvalue weighted by atomic mass is 10.2. The van der Waals surface area contributed by atoms with Gasteiger partial charge in [0.15, 0.2) is 0 Å². The van der Waals surface area contributed by atoms with Gasteiger partial charge >= 0.3 is 0 Å². The summed E-state index contributed by atoms with van der Waals surface area (Å²) in [7, 11) is -3.51. The molecule has 3 N–H and O–H groups in total. The fourth-order valence-electron chi connectivity index (χ4n) is 1.13. The first-order valence-corrected chi connectivity index (χ1v) is 8.14. The molecule has 0 heterocycles. The summed E-state index contributed by atoms with van der Waals surface area (Å²) in [6.07, 6.45) is 0.726. The lowest BCUT2D eigenvalue weighted by molar-refractivity contribution is 0.563. The molecule has 0 aliphatic carbocycles. The Bertz CT molecular complexity index is 491. The molecule has 0 amide bonds. The number of nitrogens with two attached hydrogens (primary N) is 1. The molecule has 4 nitrogen and oxygen atoms in total. The third kappa shape index (κ3) is 4.33. The molecule has 0 aliphatic rings. The molecule has 1 rings (SSSR count). The number of sulfonamides is 1. The SMILES string of the molecule is CCC(N)CNS(=O)(=O)c1ccc(Br)cc1Br. The highest BCUT2D eigenvalue weighted by Gasteiger charge is 2.18. The molecule has 0 saturated carbocycles. The van der Waals surface area contributed by atoms with E-state index in [1.165, 1.54) is 6.07 Å². The maximum Gasteiger partial charge on any atom is 0.241 e. The van der Waals surface area contributed by atoms with E-state index in [1.807, 2.05) is 6.92 Å². The van der Waals surface area contributed by atoms with Crippen LogP contribution in [0.2, 0.25) is 0 Å². The van der Waals surface area contributed by atoms with Crippen LogP contribution in [0, 0.1) is 0 Å². The van der Waals surface area contributed by atoms with E-state index in [0.717, 1.165) is 10.9 Å². The van der Waals surface area contributed by atoms with Gasteiger partial charge in [0.2, 0.25) is 10.0 Å². The van der Waals surface area contributed by atoms with Gasteiger partial charge in [-0.15, -0.1) is 0 Å². The molecule has 0 aliphatic heterocycles. The van der Waals surface area contributed by atoms with Crippen LogP contribution in [0.25, 0.3) is 0 Å². The highest BCUT2D eigenvalue weighted by atomic mass is 79.9. The topological polar surface area (TPSA) is 72.2 Å². The third-order valence-corrected chi connectivity index (χ3v) is 5.14. The zero-order chi connectivity index (χ0) is 13.1. The van der Waals surface area contributed by atoms with Crippen molar-refractivity contribution < 1.29 is 8.42 Å². The normalized spacial score (nSPS) is 13.6. The minimum Gasteiger partial charge on any atom is -0.327 e. The smallest absolute Gasteiger partial charge is 0.241 e. The Kier molecular flexibility index (Phi) is 5.59. The van der Waals surface area contributed by atoms with Crippen molar-refractivity contribution in [3.8, 4) is 0 Å². The Morgan fingerprint density at radius 2 is 2.06 bits per heavy atom. The average molecular weight is 386 g/mol. The molecule has 1 aromatic carbocycles. The molecule has 0 fully saturated rings. The fourth-order valence-corrected chi connectivity index (χ4v) is 3.97. The highest BCUT2D eigenvalue weighted by Crippen LogP contribution is 2.25. The molecule has 0 spiro atoms. The highest BCUT2D eigenvalue weighted by molar-refractivity contribution is 9.11. The minimum atomic E-state index is -3.51. The molecule has 0 saturated heterocycles. The van der Waals surface area contributed by atoms with Gasteiger partial charge in [0.1, 0.15) is 0 Å². The van der Waals surface area contributed by atoms with Crippen molar-refractivity contribution in [3.63, 3.8) is 0 Å². The first-order valence-electron chi connectivity index (χ1n) is 5.07. The molecule has 0 radical (unpaired) electrons. The Labute approximate surface area is 118 Å². The largest absolute Gasteiger partial charge is 0.327 e. The van der Waals surface area contributed by atoms with E-state index in [9.17, 15) is 8.42 Å². The number of benzene rings is 1. The van der Waals surface area contributed by atoms with E-state index in [-0.39, 0.29) is 17.5 Å². The lowest BCUT2D eigenvalue weighted by Gasteiger charge is -2.12. The predicted molar refractivity (Wildman–Crippen MR) is 75.3 cm³/mol. The Morgan fingerprint density at radius 1 is 1.41 bits per heavy atom. The van der Waals surface area contributed by atoms with Gasteiger partial charge in [0.05, 0.1) is 4.90 Å². The zero-order valence-corrected chi connectivity index (χ0v) is 13.3. The zero-order valence-electron chi connectivity index (χ0n) is 9.28. The van der Waals surface area contributed by atoms with Gasteiger partial charge in [0.25, 0.3) is 0 Å². The second kappa shape index (κ2) is 6.29.